The van der Waals surface area contributed by atoms with Crippen LogP contribution in [0.2, 0.25) is 0 Å². The normalized spacial score (nSPS) is 23.1. The van der Waals surface area contributed by atoms with E-state index < -0.39 is 0 Å². The molecule has 84 valence electrons. The second-order valence-electron chi connectivity index (χ2n) is 5.30. The first-order chi connectivity index (χ1) is 7.07. The van der Waals surface area contributed by atoms with Crippen molar-refractivity contribution in [3.8, 4) is 0 Å². The number of nitrogens with zero attached hydrogens (tertiary/aromatic N) is 1. The molecule has 1 fully saturated rings. The Bertz CT molecular complexity index is 300. The monoisotopic (exact) mass is 224 g/mol. The lowest BCUT2D eigenvalue weighted by Crippen LogP contribution is -2.55. The van der Waals surface area contributed by atoms with Crippen molar-refractivity contribution < 1.29 is 0 Å². The molecule has 0 radical (unpaired) electrons. The Morgan fingerprint density at radius 2 is 2.27 bits per heavy atom. The number of hydrogen-bond donors (Lipinski definition) is 1. The van der Waals surface area contributed by atoms with Crippen LogP contribution in [0.3, 0.4) is 0 Å². The summed E-state index contributed by atoms with van der Waals surface area (Å²) in [4.78, 5) is 2.49. The lowest BCUT2D eigenvalue weighted by molar-refractivity contribution is 0.254. The van der Waals surface area contributed by atoms with Crippen molar-refractivity contribution in [2.24, 2.45) is 5.41 Å². The Balaban J connectivity index is 2.05. The molecule has 2 nitrogen and oxygen atoms in total. The third-order valence-corrected chi connectivity index (χ3v) is 3.76. The minimum absolute atomic E-state index is 0.342. The molecule has 1 aliphatic heterocycles. The molecule has 1 atom stereocenters. The van der Waals surface area contributed by atoms with Crippen LogP contribution in [0, 0.1) is 5.41 Å². The van der Waals surface area contributed by atoms with Gasteiger partial charge < -0.3 is 10.2 Å². The van der Waals surface area contributed by atoms with Crippen LogP contribution in [-0.2, 0) is 0 Å². The van der Waals surface area contributed by atoms with E-state index in [-0.39, 0.29) is 0 Å². The molecule has 1 saturated heterocycles. The van der Waals surface area contributed by atoms with E-state index in [1.54, 1.807) is 11.3 Å². The molecule has 0 saturated carbocycles. The van der Waals surface area contributed by atoms with Crippen LogP contribution < -0.4 is 10.2 Å². The van der Waals surface area contributed by atoms with E-state index in [9.17, 15) is 0 Å². The molecule has 1 N–H and O–H groups in total. The zero-order valence-corrected chi connectivity index (χ0v) is 10.6. The predicted molar refractivity (Wildman–Crippen MR) is 67.8 cm³/mol. The maximum absolute atomic E-state index is 3.61. The van der Waals surface area contributed by atoms with Crippen LogP contribution in [-0.4, -0.2) is 25.7 Å². The lowest BCUT2D eigenvalue weighted by atomic mass is 9.85. The van der Waals surface area contributed by atoms with E-state index in [1.807, 2.05) is 0 Å². The van der Waals surface area contributed by atoms with Crippen molar-refractivity contribution in [2.75, 3.05) is 24.5 Å². The minimum Gasteiger partial charge on any atom is -0.368 e. The first kappa shape index (κ1) is 11.0. The summed E-state index contributed by atoms with van der Waals surface area (Å²) in [5.74, 6) is 0. The van der Waals surface area contributed by atoms with Gasteiger partial charge in [-0.25, -0.2) is 0 Å². The molecule has 1 aliphatic rings. The fourth-order valence-electron chi connectivity index (χ4n) is 2.00. The van der Waals surface area contributed by atoms with Crippen molar-refractivity contribution in [3.05, 3.63) is 16.8 Å². The quantitative estimate of drug-likeness (QED) is 0.789. The highest BCUT2D eigenvalue weighted by atomic mass is 32.1. The smallest absolute Gasteiger partial charge is 0.0475 e. The van der Waals surface area contributed by atoms with Gasteiger partial charge in [0.1, 0.15) is 0 Å². The molecule has 0 spiro atoms. The first-order valence-corrected chi connectivity index (χ1v) is 6.52. The van der Waals surface area contributed by atoms with Gasteiger partial charge in [0.05, 0.1) is 0 Å². The van der Waals surface area contributed by atoms with Gasteiger partial charge in [-0.1, -0.05) is 20.8 Å². The Labute approximate surface area is 96.3 Å². The molecule has 0 aliphatic carbocycles. The Morgan fingerprint density at radius 1 is 1.47 bits per heavy atom. The van der Waals surface area contributed by atoms with Crippen molar-refractivity contribution in [2.45, 2.75) is 26.8 Å². The molecule has 1 aromatic rings. The number of thiophene rings is 1. The third-order valence-electron chi connectivity index (χ3n) is 3.09. The first-order valence-electron chi connectivity index (χ1n) is 5.58. The van der Waals surface area contributed by atoms with Crippen LogP contribution in [0.4, 0.5) is 5.69 Å². The lowest BCUT2D eigenvalue weighted by Gasteiger charge is -2.41. The Morgan fingerprint density at radius 3 is 2.87 bits per heavy atom. The van der Waals surface area contributed by atoms with Crippen molar-refractivity contribution in [3.63, 3.8) is 0 Å². The Hall–Kier alpha value is -0.540. The molecule has 0 bridgehead atoms. The molecule has 2 heterocycles. The van der Waals surface area contributed by atoms with E-state index >= 15 is 0 Å². The van der Waals surface area contributed by atoms with Crippen LogP contribution in [0.25, 0.3) is 0 Å². The minimum atomic E-state index is 0.342. The second kappa shape index (κ2) is 4.14. The number of rotatable bonds is 1. The van der Waals surface area contributed by atoms with Gasteiger partial charge in [-0.3, -0.25) is 0 Å². The summed E-state index contributed by atoms with van der Waals surface area (Å²) in [6.07, 6.45) is 0. The molecule has 15 heavy (non-hydrogen) atoms. The number of piperazine rings is 1. The maximum Gasteiger partial charge on any atom is 0.0475 e. The zero-order valence-electron chi connectivity index (χ0n) is 9.79. The van der Waals surface area contributed by atoms with Gasteiger partial charge in [0.15, 0.2) is 0 Å². The van der Waals surface area contributed by atoms with Crippen molar-refractivity contribution >= 4 is 17.0 Å². The van der Waals surface area contributed by atoms with E-state index in [2.05, 4.69) is 47.8 Å². The molecule has 0 amide bonds. The fraction of sp³-hybridized carbons (Fsp3) is 0.667. The second-order valence-corrected chi connectivity index (χ2v) is 6.08. The van der Waals surface area contributed by atoms with Gasteiger partial charge in [-0.15, -0.1) is 0 Å². The molecule has 0 aromatic carbocycles. The van der Waals surface area contributed by atoms with E-state index in [1.165, 1.54) is 5.69 Å². The third kappa shape index (κ3) is 2.52. The highest BCUT2D eigenvalue weighted by molar-refractivity contribution is 7.08. The Kier molecular flexibility index (Phi) is 3.03. The van der Waals surface area contributed by atoms with E-state index in [4.69, 9.17) is 0 Å². The van der Waals surface area contributed by atoms with Crippen LogP contribution in [0.1, 0.15) is 20.8 Å². The topological polar surface area (TPSA) is 15.3 Å². The van der Waals surface area contributed by atoms with E-state index in [0.29, 0.717) is 11.5 Å². The van der Waals surface area contributed by atoms with E-state index in [0.717, 1.165) is 19.6 Å². The maximum atomic E-state index is 3.61. The summed E-state index contributed by atoms with van der Waals surface area (Å²) in [6.45, 7) is 10.3. The molecular weight excluding hydrogens is 204 g/mol. The van der Waals surface area contributed by atoms with Gasteiger partial charge in [-0.2, -0.15) is 11.3 Å². The summed E-state index contributed by atoms with van der Waals surface area (Å²) in [7, 11) is 0. The van der Waals surface area contributed by atoms with Gasteiger partial charge in [0, 0.05) is 36.7 Å². The predicted octanol–water partition coefficient (Wildman–Crippen LogP) is 2.57. The SMILES string of the molecule is CC(C)(C)C1CN(c2ccsc2)CCN1. The zero-order chi connectivity index (χ0) is 10.9. The number of nitrogens with one attached hydrogen (secondary N) is 1. The highest BCUT2D eigenvalue weighted by Crippen LogP contribution is 2.25. The van der Waals surface area contributed by atoms with Crippen molar-refractivity contribution in [1.29, 1.82) is 0 Å². The molecular formula is C12H20N2S. The van der Waals surface area contributed by atoms with Crippen LogP contribution in [0.5, 0.6) is 0 Å². The summed E-state index contributed by atoms with van der Waals surface area (Å²) in [6, 6.07) is 2.81. The van der Waals surface area contributed by atoms with Crippen LogP contribution >= 0.6 is 11.3 Å². The fourth-order valence-corrected chi connectivity index (χ4v) is 2.67. The van der Waals surface area contributed by atoms with Gasteiger partial charge in [0.2, 0.25) is 0 Å². The largest absolute Gasteiger partial charge is 0.368 e. The number of anilines is 1. The average Bonchev–Trinajstić information content (AvgIpc) is 2.69. The summed E-state index contributed by atoms with van der Waals surface area (Å²) in [5, 5.41) is 8.01. The molecule has 1 unspecified atom stereocenters. The average molecular weight is 224 g/mol. The highest BCUT2D eigenvalue weighted by Gasteiger charge is 2.29. The standard InChI is InChI=1S/C12H20N2S/c1-12(2,3)11-8-14(6-5-13-11)10-4-7-15-9-10/h4,7,9,11,13H,5-6,8H2,1-3H3. The summed E-state index contributed by atoms with van der Waals surface area (Å²) >= 11 is 1.78. The summed E-state index contributed by atoms with van der Waals surface area (Å²) in [5.41, 5.74) is 1.73. The summed E-state index contributed by atoms with van der Waals surface area (Å²) < 4.78 is 0. The number of hydrogen-bond acceptors (Lipinski definition) is 3. The van der Waals surface area contributed by atoms with Gasteiger partial charge in [-0.05, 0) is 16.9 Å². The van der Waals surface area contributed by atoms with Gasteiger partial charge in [0.25, 0.3) is 0 Å². The molecule has 1 aromatic heterocycles. The molecule has 2 rings (SSSR count). The van der Waals surface area contributed by atoms with Crippen molar-refractivity contribution in [1.82, 2.24) is 5.32 Å². The van der Waals surface area contributed by atoms with Gasteiger partial charge >= 0.3 is 0 Å². The molecule has 3 heteroatoms. The van der Waals surface area contributed by atoms with Crippen LogP contribution in [0.15, 0.2) is 16.8 Å².